The van der Waals surface area contributed by atoms with E-state index in [0.717, 1.165) is 61.3 Å². The molecule has 0 aliphatic carbocycles. The summed E-state index contributed by atoms with van der Waals surface area (Å²) < 4.78 is 35.7. The van der Waals surface area contributed by atoms with Crippen LogP contribution in [0.5, 0.6) is 5.75 Å². The Morgan fingerprint density at radius 2 is 1.91 bits per heavy atom. The van der Waals surface area contributed by atoms with Gasteiger partial charge in [-0.15, -0.1) is 0 Å². The molecule has 1 amide bonds. The number of carbonyl (C=O) groups is 1. The van der Waals surface area contributed by atoms with Crippen LogP contribution in [0.15, 0.2) is 55.0 Å². The van der Waals surface area contributed by atoms with Crippen LogP contribution in [0.1, 0.15) is 35.7 Å². The molecule has 5 heterocycles. The third-order valence-electron chi connectivity index (χ3n) is 8.41. The standard InChI is InChI=1S/C32H34F2N8O2/c1-2-44-25-16-26(30-23(17-35)19-38-42(30)20-25)22-3-6-29(37-18-22)41-11-7-32(8-12-41,21-40-13-9-36-10-14-40)39-31(43)27-15-24(33)4-5-28(27)34/h3-6,15-16,18-20,36H,2,7-14,21H2,1H3,(H,39,43). The zero-order chi connectivity index (χ0) is 30.7. The number of ether oxygens (including phenoxy) is 1. The molecule has 44 heavy (non-hydrogen) atoms. The van der Waals surface area contributed by atoms with Gasteiger partial charge in [0.05, 0.1) is 41.2 Å². The van der Waals surface area contributed by atoms with Crippen LogP contribution in [-0.2, 0) is 0 Å². The number of nitrogens with zero attached hydrogens (tertiary/aromatic N) is 6. The van der Waals surface area contributed by atoms with Crippen molar-refractivity contribution in [3.8, 4) is 22.9 Å². The number of piperazine rings is 1. The maximum Gasteiger partial charge on any atom is 0.254 e. The van der Waals surface area contributed by atoms with Crippen molar-refractivity contribution in [2.75, 3.05) is 57.3 Å². The number of halogens is 2. The van der Waals surface area contributed by atoms with Crippen LogP contribution >= 0.6 is 0 Å². The van der Waals surface area contributed by atoms with Gasteiger partial charge in [-0.2, -0.15) is 10.4 Å². The van der Waals surface area contributed by atoms with Crippen molar-refractivity contribution in [3.63, 3.8) is 0 Å². The van der Waals surface area contributed by atoms with E-state index in [-0.39, 0.29) is 5.56 Å². The molecule has 1 aromatic carbocycles. The lowest BCUT2D eigenvalue weighted by atomic mass is 9.86. The number of carbonyl (C=O) groups excluding carboxylic acids is 1. The molecule has 2 N–H and O–H groups in total. The van der Waals surface area contributed by atoms with Crippen LogP contribution in [0.4, 0.5) is 14.6 Å². The minimum Gasteiger partial charge on any atom is -0.492 e. The van der Waals surface area contributed by atoms with Crippen molar-refractivity contribution >= 4 is 17.2 Å². The Morgan fingerprint density at radius 3 is 2.61 bits per heavy atom. The molecule has 3 aromatic heterocycles. The fourth-order valence-corrected chi connectivity index (χ4v) is 6.14. The Hall–Kier alpha value is -4.60. The molecule has 0 radical (unpaired) electrons. The van der Waals surface area contributed by atoms with Crippen LogP contribution in [0, 0.1) is 23.0 Å². The van der Waals surface area contributed by atoms with E-state index in [9.17, 15) is 18.8 Å². The molecule has 2 fully saturated rings. The topological polar surface area (TPSA) is 111 Å². The highest BCUT2D eigenvalue weighted by Gasteiger charge is 2.39. The van der Waals surface area contributed by atoms with Gasteiger partial charge in [0, 0.05) is 63.1 Å². The minimum atomic E-state index is -0.746. The van der Waals surface area contributed by atoms with Gasteiger partial charge in [0.1, 0.15) is 29.3 Å². The molecule has 2 aliphatic rings. The summed E-state index contributed by atoms with van der Waals surface area (Å²) in [4.78, 5) is 22.5. The van der Waals surface area contributed by atoms with Crippen LogP contribution in [-0.4, -0.2) is 83.4 Å². The molecule has 6 rings (SSSR count). The summed E-state index contributed by atoms with van der Waals surface area (Å²) in [5.41, 5.74) is 1.88. The number of fused-ring (bicyclic) bond motifs is 1. The maximum atomic E-state index is 14.5. The molecule has 2 saturated heterocycles. The minimum absolute atomic E-state index is 0.287. The largest absolute Gasteiger partial charge is 0.492 e. The Balaban J connectivity index is 1.22. The number of nitrogens with one attached hydrogen (secondary N) is 2. The molecule has 2 aliphatic heterocycles. The van der Waals surface area contributed by atoms with Crippen molar-refractivity contribution in [1.29, 1.82) is 5.26 Å². The molecule has 12 heteroatoms. The number of hydrogen-bond acceptors (Lipinski definition) is 8. The molecule has 4 aromatic rings. The summed E-state index contributed by atoms with van der Waals surface area (Å²) in [7, 11) is 0. The Labute approximate surface area is 254 Å². The zero-order valence-corrected chi connectivity index (χ0v) is 24.5. The van der Waals surface area contributed by atoms with Crippen molar-refractivity contribution in [2.24, 2.45) is 0 Å². The monoisotopic (exact) mass is 600 g/mol. The first-order chi connectivity index (χ1) is 21.4. The summed E-state index contributed by atoms with van der Waals surface area (Å²) in [5, 5.41) is 20.4. The first kappa shape index (κ1) is 29.5. The Morgan fingerprint density at radius 1 is 1.11 bits per heavy atom. The lowest BCUT2D eigenvalue weighted by Crippen LogP contribution is -2.62. The number of anilines is 1. The van der Waals surface area contributed by atoms with E-state index in [1.54, 1.807) is 16.9 Å². The van der Waals surface area contributed by atoms with Crippen LogP contribution in [0.3, 0.4) is 0 Å². The number of pyridine rings is 2. The molecular weight excluding hydrogens is 566 g/mol. The maximum absolute atomic E-state index is 14.5. The quantitative estimate of drug-likeness (QED) is 0.316. The third kappa shape index (κ3) is 6.06. The predicted octanol–water partition coefficient (Wildman–Crippen LogP) is 3.62. The second-order valence-corrected chi connectivity index (χ2v) is 11.3. The first-order valence-electron chi connectivity index (χ1n) is 14.8. The van der Waals surface area contributed by atoms with Crippen LogP contribution < -0.4 is 20.3 Å². The van der Waals surface area contributed by atoms with Crippen molar-refractivity contribution in [1.82, 2.24) is 30.1 Å². The van der Waals surface area contributed by atoms with Crippen LogP contribution in [0.25, 0.3) is 16.6 Å². The van der Waals surface area contributed by atoms with Gasteiger partial charge in [-0.1, -0.05) is 0 Å². The van der Waals surface area contributed by atoms with Gasteiger partial charge in [-0.3, -0.25) is 9.69 Å². The van der Waals surface area contributed by atoms with E-state index in [0.29, 0.717) is 55.9 Å². The summed E-state index contributed by atoms with van der Waals surface area (Å²) in [6.45, 7) is 7.69. The molecule has 0 unspecified atom stereocenters. The Bertz CT molecular complexity index is 1690. The number of nitriles is 1. The lowest BCUT2D eigenvalue weighted by molar-refractivity contribution is 0.0810. The SMILES string of the molecule is CCOc1cc(-c2ccc(N3CCC(CN4CCNCC4)(NC(=O)c4cc(F)ccc4F)CC3)nc2)c2c(C#N)cnn2c1. The molecule has 228 valence electrons. The van der Waals surface area contributed by atoms with Gasteiger partial charge in [-0.05, 0) is 56.2 Å². The van der Waals surface area contributed by atoms with E-state index in [1.165, 1.54) is 6.20 Å². The van der Waals surface area contributed by atoms with Crippen molar-refractivity contribution < 1.29 is 18.3 Å². The highest BCUT2D eigenvalue weighted by atomic mass is 19.1. The number of benzene rings is 1. The summed E-state index contributed by atoms with van der Waals surface area (Å²) in [5.74, 6) is -0.573. The molecule has 10 nitrogen and oxygen atoms in total. The number of amides is 1. The van der Waals surface area contributed by atoms with E-state index in [2.05, 4.69) is 31.6 Å². The average molecular weight is 601 g/mol. The summed E-state index contributed by atoms with van der Waals surface area (Å²) in [6, 6.07) is 11.0. The van der Waals surface area contributed by atoms with E-state index < -0.39 is 23.1 Å². The fraction of sp³-hybridized carbons (Fsp3) is 0.375. The number of rotatable bonds is 8. The van der Waals surface area contributed by atoms with Crippen molar-refractivity contribution in [3.05, 3.63) is 77.8 Å². The normalized spacial score (nSPS) is 16.9. The molecule has 0 atom stereocenters. The van der Waals surface area contributed by atoms with Gasteiger partial charge in [0.15, 0.2) is 0 Å². The summed E-state index contributed by atoms with van der Waals surface area (Å²) >= 11 is 0. The zero-order valence-electron chi connectivity index (χ0n) is 24.5. The number of aromatic nitrogens is 3. The Kier molecular flexibility index (Phi) is 8.41. The fourth-order valence-electron chi connectivity index (χ4n) is 6.14. The molecule has 0 spiro atoms. The van der Waals surface area contributed by atoms with E-state index >= 15 is 0 Å². The average Bonchev–Trinajstić information content (AvgIpc) is 3.46. The van der Waals surface area contributed by atoms with E-state index in [1.807, 2.05) is 25.1 Å². The first-order valence-corrected chi connectivity index (χ1v) is 14.8. The molecular formula is C32H34F2N8O2. The van der Waals surface area contributed by atoms with Gasteiger partial charge in [0.25, 0.3) is 5.91 Å². The second kappa shape index (κ2) is 12.6. The van der Waals surface area contributed by atoms with Gasteiger partial charge >= 0.3 is 0 Å². The molecule has 0 saturated carbocycles. The van der Waals surface area contributed by atoms with Gasteiger partial charge < -0.3 is 20.3 Å². The number of piperidine rings is 1. The number of hydrogen-bond donors (Lipinski definition) is 2. The third-order valence-corrected chi connectivity index (χ3v) is 8.41. The highest BCUT2D eigenvalue weighted by Crippen LogP contribution is 2.33. The summed E-state index contributed by atoms with van der Waals surface area (Å²) in [6.07, 6.45) is 6.31. The molecule has 0 bridgehead atoms. The lowest BCUT2D eigenvalue weighted by Gasteiger charge is -2.46. The second-order valence-electron chi connectivity index (χ2n) is 11.3. The smallest absolute Gasteiger partial charge is 0.254 e. The van der Waals surface area contributed by atoms with Crippen LogP contribution in [0.2, 0.25) is 0 Å². The van der Waals surface area contributed by atoms with E-state index in [4.69, 9.17) is 9.72 Å². The van der Waals surface area contributed by atoms with Crippen molar-refractivity contribution in [2.45, 2.75) is 25.3 Å². The predicted molar refractivity (Wildman–Crippen MR) is 162 cm³/mol. The van der Waals surface area contributed by atoms with Gasteiger partial charge in [0.2, 0.25) is 0 Å². The highest BCUT2D eigenvalue weighted by molar-refractivity contribution is 5.95. The van der Waals surface area contributed by atoms with Gasteiger partial charge in [-0.25, -0.2) is 18.3 Å².